The lowest BCUT2D eigenvalue weighted by Crippen LogP contribution is -2.41. The summed E-state index contributed by atoms with van der Waals surface area (Å²) in [5.74, 6) is 0.760. The molecule has 1 aliphatic rings. The van der Waals surface area contributed by atoms with Crippen molar-refractivity contribution in [3.8, 4) is 0 Å². The van der Waals surface area contributed by atoms with E-state index in [0.717, 1.165) is 12.0 Å². The van der Waals surface area contributed by atoms with Crippen molar-refractivity contribution in [2.24, 2.45) is 5.92 Å². The molecule has 1 fully saturated rings. The SMILES string of the molecule is CCC(NC1CCCN(C)CC1)C(C)C. The summed E-state index contributed by atoms with van der Waals surface area (Å²) in [6.07, 6.45) is 5.28. The number of nitrogens with zero attached hydrogens (tertiary/aromatic N) is 1. The van der Waals surface area contributed by atoms with Crippen molar-refractivity contribution >= 4 is 0 Å². The van der Waals surface area contributed by atoms with Gasteiger partial charge in [-0.05, 0) is 51.7 Å². The predicted octanol–water partition coefficient (Wildman–Crippen LogP) is 2.49. The summed E-state index contributed by atoms with van der Waals surface area (Å²) < 4.78 is 0. The minimum absolute atomic E-state index is 0.707. The largest absolute Gasteiger partial charge is 0.311 e. The van der Waals surface area contributed by atoms with E-state index < -0.39 is 0 Å². The maximum atomic E-state index is 3.84. The van der Waals surface area contributed by atoms with E-state index in [4.69, 9.17) is 0 Å². The van der Waals surface area contributed by atoms with E-state index in [2.05, 4.69) is 38.0 Å². The molecule has 0 bridgehead atoms. The molecule has 2 unspecified atom stereocenters. The minimum Gasteiger partial charge on any atom is -0.311 e. The summed E-state index contributed by atoms with van der Waals surface area (Å²) in [5.41, 5.74) is 0. The van der Waals surface area contributed by atoms with Gasteiger partial charge >= 0.3 is 0 Å². The Bertz CT molecular complexity index is 168. The number of nitrogens with one attached hydrogen (secondary N) is 1. The fourth-order valence-corrected chi connectivity index (χ4v) is 2.49. The van der Waals surface area contributed by atoms with Crippen LogP contribution in [0.5, 0.6) is 0 Å². The lowest BCUT2D eigenvalue weighted by molar-refractivity contribution is 0.313. The maximum absolute atomic E-state index is 3.84. The normalized spacial score (nSPS) is 26.6. The fraction of sp³-hybridized carbons (Fsp3) is 1.00. The first-order valence-corrected chi connectivity index (χ1v) is 6.58. The van der Waals surface area contributed by atoms with E-state index in [0.29, 0.717) is 6.04 Å². The highest BCUT2D eigenvalue weighted by Crippen LogP contribution is 2.13. The molecule has 1 aliphatic heterocycles. The van der Waals surface area contributed by atoms with Crippen molar-refractivity contribution in [1.82, 2.24) is 10.2 Å². The predicted molar refractivity (Wildman–Crippen MR) is 67.2 cm³/mol. The Hall–Kier alpha value is -0.0800. The highest BCUT2D eigenvalue weighted by Gasteiger charge is 2.19. The summed E-state index contributed by atoms with van der Waals surface area (Å²) in [5, 5.41) is 3.84. The Kier molecular flexibility index (Phi) is 5.62. The molecule has 0 amide bonds. The Labute approximate surface area is 95.4 Å². The number of hydrogen-bond acceptors (Lipinski definition) is 2. The van der Waals surface area contributed by atoms with E-state index in [-0.39, 0.29) is 0 Å². The van der Waals surface area contributed by atoms with Crippen LogP contribution in [0.3, 0.4) is 0 Å². The topological polar surface area (TPSA) is 15.3 Å². The van der Waals surface area contributed by atoms with Gasteiger partial charge in [0.2, 0.25) is 0 Å². The summed E-state index contributed by atoms with van der Waals surface area (Å²) >= 11 is 0. The quantitative estimate of drug-likeness (QED) is 0.770. The van der Waals surface area contributed by atoms with Gasteiger partial charge in [0.25, 0.3) is 0 Å². The van der Waals surface area contributed by atoms with Gasteiger partial charge in [-0.2, -0.15) is 0 Å². The number of rotatable bonds is 4. The lowest BCUT2D eigenvalue weighted by Gasteiger charge is -2.27. The molecule has 0 spiro atoms. The summed E-state index contributed by atoms with van der Waals surface area (Å²) in [4.78, 5) is 2.46. The van der Waals surface area contributed by atoms with Crippen molar-refractivity contribution in [2.45, 2.75) is 58.5 Å². The van der Waals surface area contributed by atoms with Crippen molar-refractivity contribution in [3.05, 3.63) is 0 Å². The van der Waals surface area contributed by atoms with Gasteiger partial charge < -0.3 is 10.2 Å². The average molecular weight is 212 g/mol. The molecule has 1 rings (SSSR count). The first-order valence-electron chi connectivity index (χ1n) is 6.58. The summed E-state index contributed by atoms with van der Waals surface area (Å²) in [7, 11) is 2.24. The van der Waals surface area contributed by atoms with Gasteiger partial charge in [0.15, 0.2) is 0 Å². The standard InChI is InChI=1S/C13H28N2/c1-5-13(11(2)3)14-12-7-6-9-15(4)10-8-12/h11-14H,5-10H2,1-4H3. The zero-order chi connectivity index (χ0) is 11.3. The highest BCUT2D eigenvalue weighted by molar-refractivity contribution is 4.79. The van der Waals surface area contributed by atoms with E-state index in [1.54, 1.807) is 0 Å². The van der Waals surface area contributed by atoms with Crippen molar-refractivity contribution < 1.29 is 0 Å². The second-order valence-electron chi connectivity index (χ2n) is 5.36. The maximum Gasteiger partial charge on any atom is 0.00900 e. The molecule has 2 atom stereocenters. The molecule has 0 aromatic rings. The molecule has 0 saturated carbocycles. The third-order valence-corrected chi connectivity index (χ3v) is 3.65. The molecular formula is C13H28N2. The van der Waals surface area contributed by atoms with E-state index in [1.165, 1.54) is 38.8 Å². The first kappa shape index (κ1) is 13.0. The van der Waals surface area contributed by atoms with Crippen LogP contribution in [-0.2, 0) is 0 Å². The molecule has 0 aliphatic carbocycles. The minimum atomic E-state index is 0.707. The molecule has 1 N–H and O–H groups in total. The molecule has 2 heteroatoms. The third-order valence-electron chi connectivity index (χ3n) is 3.65. The lowest BCUT2D eigenvalue weighted by atomic mass is 9.99. The second-order valence-corrected chi connectivity index (χ2v) is 5.36. The van der Waals surface area contributed by atoms with Crippen molar-refractivity contribution in [2.75, 3.05) is 20.1 Å². The zero-order valence-electron chi connectivity index (χ0n) is 10.9. The molecule has 1 saturated heterocycles. The molecular weight excluding hydrogens is 184 g/mol. The summed E-state index contributed by atoms with van der Waals surface area (Å²) in [6, 6.07) is 1.46. The van der Waals surface area contributed by atoms with Crippen LogP contribution in [0, 0.1) is 5.92 Å². The van der Waals surface area contributed by atoms with Gasteiger partial charge in [-0.3, -0.25) is 0 Å². The molecule has 0 radical (unpaired) electrons. The molecule has 0 aromatic heterocycles. The van der Waals surface area contributed by atoms with Crippen LogP contribution in [0.1, 0.15) is 46.5 Å². The molecule has 15 heavy (non-hydrogen) atoms. The molecule has 1 heterocycles. The zero-order valence-corrected chi connectivity index (χ0v) is 10.9. The van der Waals surface area contributed by atoms with Gasteiger partial charge in [0, 0.05) is 12.1 Å². The van der Waals surface area contributed by atoms with Crippen LogP contribution in [0.25, 0.3) is 0 Å². The Morgan fingerprint density at radius 1 is 1.27 bits per heavy atom. The van der Waals surface area contributed by atoms with Crippen LogP contribution >= 0.6 is 0 Å². The van der Waals surface area contributed by atoms with Crippen LogP contribution < -0.4 is 5.32 Å². The van der Waals surface area contributed by atoms with Crippen molar-refractivity contribution in [3.63, 3.8) is 0 Å². The number of hydrogen-bond donors (Lipinski definition) is 1. The highest BCUT2D eigenvalue weighted by atomic mass is 15.1. The Morgan fingerprint density at radius 2 is 2.00 bits per heavy atom. The van der Waals surface area contributed by atoms with Gasteiger partial charge in [-0.1, -0.05) is 20.8 Å². The van der Waals surface area contributed by atoms with Crippen LogP contribution in [0.4, 0.5) is 0 Å². The van der Waals surface area contributed by atoms with Crippen LogP contribution in [0.2, 0.25) is 0 Å². The monoisotopic (exact) mass is 212 g/mol. The third kappa shape index (κ3) is 4.52. The van der Waals surface area contributed by atoms with Crippen molar-refractivity contribution in [1.29, 1.82) is 0 Å². The van der Waals surface area contributed by atoms with Gasteiger partial charge in [0.1, 0.15) is 0 Å². The number of likely N-dealkylation sites (tertiary alicyclic amines) is 1. The van der Waals surface area contributed by atoms with E-state index in [9.17, 15) is 0 Å². The van der Waals surface area contributed by atoms with E-state index >= 15 is 0 Å². The van der Waals surface area contributed by atoms with Crippen LogP contribution in [0.15, 0.2) is 0 Å². The second kappa shape index (κ2) is 6.49. The molecule has 2 nitrogen and oxygen atoms in total. The van der Waals surface area contributed by atoms with E-state index in [1.807, 2.05) is 0 Å². The molecule has 90 valence electrons. The summed E-state index contributed by atoms with van der Waals surface area (Å²) in [6.45, 7) is 9.47. The molecule has 0 aromatic carbocycles. The van der Waals surface area contributed by atoms with Crippen LogP contribution in [-0.4, -0.2) is 37.1 Å². The first-order chi connectivity index (χ1) is 7.13. The van der Waals surface area contributed by atoms with Gasteiger partial charge in [-0.25, -0.2) is 0 Å². The smallest absolute Gasteiger partial charge is 0.00900 e. The Morgan fingerprint density at radius 3 is 2.60 bits per heavy atom. The Balaban J connectivity index is 2.36. The fourth-order valence-electron chi connectivity index (χ4n) is 2.49. The van der Waals surface area contributed by atoms with Gasteiger partial charge in [0.05, 0.1) is 0 Å². The van der Waals surface area contributed by atoms with Gasteiger partial charge in [-0.15, -0.1) is 0 Å². The average Bonchev–Trinajstić information content (AvgIpc) is 2.39.